The summed E-state index contributed by atoms with van der Waals surface area (Å²) in [5, 5.41) is 6.79. The van der Waals surface area contributed by atoms with Gasteiger partial charge in [-0.25, -0.2) is 8.78 Å². The van der Waals surface area contributed by atoms with Gasteiger partial charge in [-0.05, 0) is 48.7 Å². The lowest BCUT2D eigenvalue weighted by Crippen LogP contribution is -2.32. The van der Waals surface area contributed by atoms with Gasteiger partial charge in [-0.2, -0.15) is 0 Å². The van der Waals surface area contributed by atoms with Gasteiger partial charge in [0.2, 0.25) is 5.91 Å². The van der Waals surface area contributed by atoms with Crippen molar-refractivity contribution in [2.75, 3.05) is 6.54 Å². The number of amides is 1. The van der Waals surface area contributed by atoms with Crippen molar-refractivity contribution in [2.24, 2.45) is 0 Å². The Kier molecular flexibility index (Phi) is 5.96. The number of aryl methyl sites for hydroxylation is 1. The first-order chi connectivity index (χ1) is 13.0. The molecule has 1 unspecified atom stereocenters. The Bertz CT molecular complexity index is 889. The number of halogens is 2. The highest BCUT2D eigenvalue weighted by Crippen LogP contribution is 2.22. The maximum absolute atomic E-state index is 13.3. The van der Waals surface area contributed by atoms with Crippen LogP contribution in [0.3, 0.4) is 0 Å². The summed E-state index contributed by atoms with van der Waals surface area (Å²) >= 11 is 0. The lowest BCUT2D eigenvalue weighted by molar-refractivity contribution is -0.122. The van der Waals surface area contributed by atoms with E-state index in [1.807, 2.05) is 13.0 Å². The predicted molar refractivity (Wildman–Crippen MR) is 97.2 cm³/mol. The van der Waals surface area contributed by atoms with E-state index in [0.29, 0.717) is 24.9 Å². The molecule has 0 aliphatic heterocycles. The summed E-state index contributed by atoms with van der Waals surface area (Å²) < 4.78 is 31.4. The number of carbonyl (C=O) groups is 1. The van der Waals surface area contributed by atoms with E-state index < -0.39 is 5.92 Å². The van der Waals surface area contributed by atoms with Gasteiger partial charge in [0.15, 0.2) is 0 Å². The molecule has 0 fully saturated rings. The van der Waals surface area contributed by atoms with E-state index in [4.69, 9.17) is 4.52 Å². The van der Waals surface area contributed by atoms with E-state index in [9.17, 15) is 13.6 Å². The van der Waals surface area contributed by atoms with Crippen molar-refractivity contribution < 1.29 is 18.1 Å². The zero-order valence-electron chi connectivity index (χ0n) is 14.9. The van der Waals surface area contributed by atoms with Crippen LogP contribution >= 0.6 is 0 Å². The third-order valence-corrected chi connectivity index (χ3v) is 4.30. The summed E-state index contributed by atoms with van der Waals surface area (Å²) in [5.41, 5.74) is 2.30. The van der Waals surface area contributed by atoms with Crippen LogP contribution in [0.5, 0.6) is 0 Å². The van der Waals surface area contributed by atoms with Gasteiger partial charge in [0.25, 0.3) is 0 Å². The van der Waals surface area contributed by atoms with Crippen LogP contribution in [0.1, 0.15) is 28.5 Å². The third kappa shape index (κ3) is 5.23. The van der Waals surface area contributed by atoms with Crippen LogP contribution in [0.4, 0.5) is 8.78 Å². The first-order valence-corrected chi connectivity index (χ1v) is 8.71. The standard InChI is InChI=1S/C21H20F2N2O2/c1-14-12-19(25-27-14)10-11-24-21(26)20(16-4-8-18(23)9-5-16)13-15-2-6-17(22)7-3-15/h2-9,12,20H,10-11,13H2,1H3,(H,24,26). The molecule has 1 atom stereocenters. The average molecular weight is 370 g/mol. The van der Waals surface area contributed by atoms with Gasteiger partial charge in [0.1, 0.15) is 17.4 Å². The number of benzene rings is 2. The summed E-state index contributed by atoms with van der Waals surface area (Å²) in [6.07, 6.45) is 0.941. The number of hydrogen-bond donors (Lipinski definition) is 1. The molecule has 140 valence electrons. The molecule has 0 spiro atoms. The molecule has 27 heavy (non-hydrogen) atoms. The van der Waals surface area contributed by atoms with Crippen molar-refractivity contribution in [2.45, 2.75) is 25.7 Å². The van der Waals surface area contributed by atoms with Crippen LogP contribution in [0.15, 0.2) is 59.1 Å². The van der Waals surface area contributed by atoms with Crippen molar-refractivity contribution in [1.29, 1.82) is 0 Å². The SMILES string of the molecule is Cc1cc(CCNC(=O)C(Cc2ccc(F)cc2)c2ccc(F)cc2)no1. The van der Waals surface area contributed by atoms with Crippen LogP contribution in [0.2, 0.25) is 0 Å². The molecule has 1 heterocycles. The Labute approximate surface area is 156 Å². The molecule has 1 amide bonds. The van der Waals surface area contributed by atoms with Gasteiger partial charge >= 0.3 is 0 Å². The Morgan fingerprint density at radius 2 is 1.70 bits per heavy atom. The molecule has 1 aromatic heterocycles. The monoisotopic (exact) mass is 370 g/mol. The maximum atomic E-state index is 13.3. The lowest BCUT2D eigenvalue weighted by Gasteiger charge is -2.17. The molecule has 0 bridgehead atoms. The molecule has 3 aromatic rings. The molecule has 0 aliphatic carbocycles. The maximum Gasteiger partial charge on any atom is 0.227 e. The highest BCUT2D eigenvalue weighted by molar-refractivity contribution is 5.84. The summed E-state index contributed by atoms with van der Waals surface area (Å²) in [6, 6.07) is 13.7. The predicted octanol–water partition coefficient (Wildman–Crippen LogP) is 3.95. The van der Waals surface area contributed by atoms with Crippen LogP contribution in [-0.4, -0.2) is 17.6 Å². The Morgan fingerprint density at radius 1 is 1.07 bits per heavy atom. The number of hydrogen-bond acceptors (Lipinski definition) is 3. The topological polar surface area (TPSA) is 55.1 Å². The Morgan fingerprint density at radius 3 is 2.30 bits per heavy atom. The minimum atomic E-state index is -0.505. The van der Waals surface area contributed by atoms with Gasteiger partial charge in [0, 0.05) is 19.0 Å². The normalized spacial score (nSPS) is 12.0. The van der Waals surface area contributed by atoms with E-state index in [0.717, 1.165) is 17.0 Å². The second-order valence-electron chi connectivity index (χ2n) is 6.40. The van der Waals surface area contributed by atoms with E-state index in [1.165, 1.54) is 24.3 Å². The average Bonchev–Trinajstić information content (AvgIpc) is 3.07. The fourth-order valence-electron chi connectivity index (χ4n) is 2.89. The molecule has 0 radical (unpaired) electrons. The molecule has 3 rings (SSSR count). The van der Waals surface area contributed by atoms with Crippen molar-refractivity contribution in [3.63, 3.8) is 0 Å². The van der Waals surface area contributed by atoms with Gasteiger partial charge in [-0.15, -0.1) is 0 Å². The Balaban J connectivity index is 1.70. The number of nitrogens with zero attached hydrogens (tertiary/aromatic N) is 1. The molecule has 1 N–H and O–H groups in total. The van der Waals surface area contributed by atoms with Gasteiger partial charge < -0.3 is 9.84 Å². The van der Waals surface area contributed by atoms with E-state index in [1.54, 1.807) is 24.3 Å². The summed E-state index contributed by atoms with van der Waals surface area (Å²) in [7, 11) is 0. The molecular weight excluding hydrogens is 350 g/mol. The smallest absolute Gasteiger partial charge is 0.227 e. The van der Waals surface area contributed by atoms with E-state index in [2.05, 4.69) is 10.5 Å². The van der Waals surface area contributed by atoms with Crippen LogP contribution in [0.25, 0.3) is 0 Å². The summed E-state index contributed by atoms with van der Waals surface area (Å²) in [5.74, 6) is -0.649. The Hall–Kier alpha value is -3.02. The molecule has 0 aliphatic rings. The van der Waals surface area contributed by atoms with Gasteiger partial charge in [0.05, 0.1) is 11.6 Å². The van der Waals surface area contributed by atoms with Gasteiger partial charge in [-0.3, -0.25) is 4.79 Å². The molecular formula is C21H20F2N2O2. The fourth-order valence-corrected chi connectivity index (χ4v) is 2.89. The molecule has 0 saturated carbocycles. The zero-order chi connectivity index (χ0) is 19.2. The number of aromatic nitrogens is 1. The second kappa shape index (κ2) is 8.58. The van der Waals surface area contributed by atoms with E-state index >= 15 is 0 Å². The lowest BCUT2D eigenvalue weighted by atomic mass is 9.91. The van der Waals surface area contributed by atoms with Crippen LogP contribution in [-0.2, 0) is 17.6 Å². The molecule has 4 nitrogen and oxygen atoms in total. The number of nitrogens with one attached hydrogen (secondary N) is 1. The van der Waals surface area contributed by atoms with Crippen molar-refractivity contribution in [3.05, 3.63) is 88.8 Å². The second-order valence-corrected chi connectivity index (χ2v) is 6.40. The van der Waals surface area contributed by atoms with Crippen molar-refractivity contribution >= 4 is 5.91 Å². The van der Waals surface area contributed by atoms with Crippen LogP contribution < -0.4 is 5.32 Å². The van der Waals surface area contributed by atoms with Crippen molar-refractivity contribution in [1.82, 2.24) is 10.5 Å². The summed E-state index contributed by atoms with van der Waals surface area (Å²) in [4.78, 5) is 12.8. The molecule has 0 saturated heterocycles. The number of carbonyl (C=O) groups excluding carboxylic acids is 1. The van der Waals surface area contributed by atoms with Crippen LogP contribution in [0, 0.1) is 18.6 Å². The first kappa shape index (κ1) is 18.8. The minimum absolute atomic E-state index is 0.175. The fraction of sp³-hybridized carbons (Fsp3) is 0.238. The summed E-state index contributed by atoms with van der Waals surface area (Å²) in [6.45, 7) is 2.22. The van der Waals surface area contributed by atoms with Crippen molar-refractivity contribution in [3.8, 4) is 0 Å². The zero-order valence-corrected chi connectivity index (χ0v) is 14.9. The van der Waals surface area contributed by atoms with Gasteiger partial charge in [-0.1, -0.05) is 29.4 Å². The third-order valence-electron chi connectivity index (χ3n) is 4.30. The largest absolute Gasteiger partial charge is 0.361 e. The molecule has 6 heteroatoms. The minimum Gasteiger partial charge on any atom is -0.361 e. The molecule has 2 aromatic carbocycles. The highest BCUT2D eigenvalue weighted by atomic mass is 19.1. The highest BCUT2D eigenvalue weighted by Gasteiger charge is 2.21. The van der Waals surface area contributed by atoms with E-state index in [-0.39, 0.29) is 17.5 Å². The number of rotatable bonds is 7. The quantitative estimate of drug-likeness (QED) is 0.685. The first-order valence-electron chi connectivity index (χ1n) is 8.71.